The number of benzene rings is 2. The summed E-state index contributed by atoms with van der Waals surface area (Å²) in [6, 6.07) is 10.9. The molecule has 1 unspecified atom stereocenters. The standard InChI is InChI=1S/C24H27FN2O2S/c1-5-14-30(28,29)27-16-21(19-8-7-9-22(23(19)27)26(3)4)24(6-2)13-12-17-15-18(25)10-11-20(17)24/h5,7-11,15-16H,1,6,12-14H2,2-4H3. The summed E-state index contributed by atoms with van der Waals surface area (Å²) < 4.78 is 41.6. The van der Waals surface area contributed by atoms with Gasteiger partial charge in [-0.3, -0.25) is 0 Å². The fourth-order valence-corrected chi connectivity index (χ4v) is 6.17. The van der Waals surface area contributed by atoms with Crippen molar-refractivity contribution in [1.82, 2.24) is 3.97 Å². The van der Waals surface area contributed by atoms with Crippen LogP contribution in [0.3, 0.4) is 0 Å². The number of hydrogen-bond donors (Lipinski definition) is 0. The molecular weight excluding hydrogens is 399 g/mol. The highest BCUT2D eigenvalue weighted by Crippen LogP contribution is 2.50. The number of anilines is 1. The van der Waals surface area contributed by atoms with Gasteiger partial charge in [0.05, 0.1) is 17.0 Å². The van der Waals surface area contributed by atoms with Crippen molar-refractivity contribution >= 4 is 26.6 Å². The summed E-state index contributed by atoms with van der Waals surface area (Å²) in [7, 11) is 0.215. The lowest BCUT2D eigenvalue weighted by Crippen LogP contribution is -2.23. The van der Waals surface area contributed by atoms with Gasteiger partial charge in [-0.05, 0) is 54.2 Å². The second-order valence-electron chi connectivity index (χ2n) is 8.21. The van der Waals surface area contributed by atoms with Crippen molar-refractivity contribution in [3.63, 3.8) is 0 Å². The van der Waals surface area contributed by atoms with Gasteiger partial charge in [0, 0.05) is 31.1 Å². The maximum Gasteiger partial charge on any atom is 0.242 e. The predicted molar refractivity (Wildman–Crippen MR) is 121 cm³/mol. The molecule has 1 atom stereocenters. The molecule has 0 saturated carbocycles. The average molecular weight is 427 g/mol. The van der Waals surface area contributed by atoms with E-state index in [1.54, 1.807) is 12.3 Å². The Kier molecular flexibility index (Phi) is 5.01. The fraction of sp³-hybridized carbons (Fsp3) is 0.333. The third kappa shape index (κ3) is 2.97. The van der Waals surface area contributed by atoms with E-state index in [1.807, 2.05) is 43.3 Å². The van der Waals surface area contributed by atoms with Crippen LogP contribution in [-0.4, -0.2) is 32.2 Å². The number of aryl methyl sites for hydroxylation is 1. The summed E-state index contributed by atoms with van der Waals surface area (Å²) in [5.74, 6) is -0.370. The van der Waals surface area contributed by atoms with E-state index < -0.39 is 10.0 Å². The fourth-order valence-electron chi connectivity index (χ4n) is 4.98. The zero-order valence-corrected chi connectivity index (χ0v) is 18.5. The SMILES string of the molecule is C=CCS(=O)(=O)n1cc(C2(CC)CCc3cc(F)ccc32)c2cccc(N(C)C)c21. The number of hydrogen-bond acceptors (Lipinski definition) is 3. The van der Waals surface area contributed by atoms with Crippen LogP contribution < -0.4 is 4.90 Å². The largest absolute Gasteiger partial charge is 0.376 e. The quantitative estimate of drug-likeness (QED) is 0.529. The maximum absolute atomic E-state index is 13.9. The van der Waals surface area contributed by atoms with Gasteiger partial charge in [-0.2, -0.15) is 0 Å². The number of para-hydroxylation sites is 1. The number of rotatable bonds is 6. The summed E-state index contributed by atoms with van der Waals surface area (Å²) in [5, 5.41) is 0.924. The van der Waals surface area contributed by atoms with E-state index in [0.717, 1.165) is 47.0 Å². The van der Waals surface area contributed by atoms with E-state index in [9.17, 15) is 12.8 Å². The van der Waals surface area contributed by atoms with Crippen molar-refractivity contribution < 1.29 is 12.8 Å². The van der Waals surface area contributed by atoms with Gasteiger partial charge >= 0.3 is 0 Å². The van der Waals surface area contributed by atoms with E-state index in [0.29, 0.717) is 5.52 Å². The molecule has 1 heterocycles. The molecule has 0 bridgehead atoms. The van der Waals surface area contributed by atoms with Crippen molar-refractivity contribution in [3.8, 4) is 0 Å². The van der Waals surface area contributed by atoms with Crippen LogP contribution in [-0.2, 0) is 21.9 Å². The van der Waals surface area contributed by atoms with Gasteiger partial charge < -0.3 is 4.90 Å². The number of nitrogens with zero attached hydrogens (tertiary/aromatic N) is 2. The Morgan fingerprint density at radius 3 is 2.67 bits per heavy atom. The highest BCUT2D eigenvalue weighted by Gasteiger charge is 2.41. The summed E-state index contributed by atoms with van der Waals surface area (Å²) in [6.45, 7) is 5.74. The van der Waals surface area contributed by atoms with Crippen molar-refractivity contribution in [2.75, 3.05) is 24.7 Å². The third-order valence-corrected chi connectivity index (χ3v) is 7.95. The van der Waals surface area contributed by atoms with Gasteiger partial charge in [-0.25, -0.2) is 16.8 Å². The van der Waals surface area contributed by atoms with E-state index in [4.69, 9.17) is 0 Å². The lowest BCUT2D eigenvalue weighted by atomic mass is 9.73. The molecule has 0 N–H and O–H groups in total. The molecular formula is C24H27FN2O2S. The summed E-state index contributed by atoms with van der Waals surface area (Å²) >= 11 is 0. The van der Waals surface area contributed by atoms with Crippen LogP contribution in [0.15, 0.2) is 55.3 Å². The smallest absolute Gasteiger partial charge is 0.242 e. The second kappa shape index (κ2) is 7.27. The predicted octanol–water partition coefficient (Wildman–Crippen LogP) is 4.85. The monoisotopic (exact) mass is 426 g/mol. The summed E-state index contributed by atoms with van der Waals surface area (Å²) in [6.07, 6.45) is 5.62. The highest BCUT2D eigenvalue weighted by atomic mass is 32.2. The third-order valence-electron chi connectivity index (χ3n) is 6.40. The molecule has 0 saturated heterocycles. The number of fused-ring (bicyclic) bond motifs is 2. The Bertz CT molecular complexity index is 1240. The molecule has 4 rings (SSSR count). The van der Waals surface area contributed by atoms with Crippen molar-refractivity contribution in [3.05, 3.63) is 77.8 Å². The van der Waals surface area contributed by atoms with E-state index in [2.05, 4.69) is 13.5 Å². The molecule has 4 nitrogen and oxygen atoms in total. The number of halogens is 1. The molecule has 1 aromatic heterocycles. The molecule has 1 aliphatic carbocycles. The van der Waals surface area contributed by atoms with Gasteiger partial charge in [-0.1, -0.05) is 31.2 Å². The first kappa shape index (κ1) is 20.7. The molecule has 0 amide bonds. The average Bonchev–Trinajstić information content (AvgIpc) is 3.27. The van der Waals surface area contributed by atoms with Crippen LogP contribution in [0.1, 0.15) is 36.5 Å². The minimum atomic E-state index is -3.61. The lowest BCUT2D eigenvalue weighted by Gasteiger charge is -2.29. The Labute approximate surface area is 177 Å². The minimum Gasteiger partial charge on any atom is -0.376 e. The first-order chi connectivity index (χ1) is 14.2. The Balaban J connectivity index is 2.09. The van der Waals surface area contributed by atoms with Crippen LogP contribution in [0.25, 0.3) is 10.9 Å². The first-order valence-corrected chi connectivity index (χ1v) is 11.8. The summed E-state index contributed by atoms with van der Waals surface area (Å²) in [4.78, 5) is 1.93. The molecule has 3 aromatic rings. The van der Waals surface area contributed by atoms with Crippen molar-refractivity contribution in [1.29, 1.82) is 0 Å². The lowest BCUT2D eigenvalue weighted by molar-refractivity contribution is 0.496. The highest BCUT2D eigenvalue weighted by molar-refractivity contribution is 7.90. The normalized spacial score (nSPS) is 18.5. The van der Waals surface area contributed by atoms with Crippen LogP contribution in [0.2, 0.25) is 0 Å². The van der Waals surface area contributed by atoms with Gasteiger partial charge in [0.25, 0.3) is 0 Å². The van der Waals surface area contributed by atoms with Crippen LogP contribution >= 0.6 is 0 Å². The van der Waals surface area contributed by atoms with Crippen LogP contribution in [0, 0.1) is 5.82 Å². The van der Waals surface area contributed by atoms with Gasteiger partial charge in [-0.15, -0.1) is 6.58 Å². The van der Waals surface area contributed by atoms with Gasteiger partial charge in [0.2, 0.25) is 10.0 Å². The Morgan fingerprint density at radius 2 is 2.00 bits per heavy atom. The van der Waals surface area contributed by atoms with Crippen LogP contribution in [0.4, 0.5) is 10.1 Å². The van der Waals surface area contributed by atoms with E-state index in [-0.39, 0.29) is 17.0 Å². The Morgan fingerprint density at radius 1 is 1.23 bits per heavy atom. The van der Waals surface area contributed by atoms with Crippen LogP contribution in [0.5, 0.6) is 0 Å². The molecule has 0 radical (unpaired) electrons. The van der Waals surface area contributed by atoms with Gasteiger partial charge in [0.1, 0.15) is 5.82 Å². The van der Waals surface area contributed by atoms with Gasteiger partial charge in [0.15, 0.2) is 0 Å². The van der Waals surface area contributed by atoms with E-state index in [1.165, 1.54) is 16.1 Å². The molecule has 1 aliphatic rings. The zero-order chi connectivity index (χ0) is 21.7. The molecule has 0 aliphatic heterocycles. The number of aromatic nitrogens is 1. The topological polar surface area (TPSA) is 42.3 Å². The summed E-state index contributed by atoms with van der Waals surface area (Å²) in [5.41, 5.74) is 4.28. The Hall–Kier alpha value is -2.60. The molecule has 0 fully saturated rings. The molecule has 6 heteroatoms. The van der Waals surface area contributed by atoms with Crippen molar-refractivity contribution in [2.45, 2.75) is 31.6 Å². The molecule has 0 spiro atoms. The zero-order valence-electron chi connectivity index (χ0n) is 17.7. The first-order valence-electron chi connectivity index (χ1n) is 10.2. The molecule has 2 aromatic carbocycles. The maximum atomic E-state index is 13.9. The minimum absolute atomic E-state index is 0.140. The second-order valence-corrected chi connectivity index (χ2v) is 10.1. The van der Waals surface area contributed by atoms with Crippen molar-refractivity contribution in [2.24, 2.45) is 0 Å². The molecule has 158 valence electrons. The van der Waals surface area contributed by atoms with E-state index >= 15 is 0 Å². The molecule has 30 heavy (non-hydrogen) atoms.